The molecule has 0 amide bonds. The zero-order valence-corrected chi connectivity index (χ0v) is 21.9. The number of aromatic nitrogens is 5. The number of hydrogen-bond donors (Lipinski definition) is 0. The molecule has 0 spiro atoms. The van der Waals surface area contributed by atoms with E-state index in [9.17, 15) is 0 Å². The molecule has 4 rings (SSSR count). The summed E-state index contributed by atoms with van der Waals surface area (Å²) in [4.78, 5) is 10.3. The normalized spacial score (nSPS) is 11.7. The first kappa shape index (κ1) is 27.7. The lowest BCUT2D eigenvalue weighted by Crippen LogP contribution is -2.68. The maximum atomic E-state index is 8.49. The Bertz CT molecular complexity index is 1370. The molecule has 194 valence electrons. The molecule has 11 nitrogen and oxygen atoms in total. The van der Waals surface area contributed by atoms with Crippen LogP contribution in [0, 0.1) is 10.2 Å². The van der Waals surface area contributed by atoms with Gasteiger partial charge in [-0.25, -0.2) is 18.6 Å². The monoisotopic (exact) mass is 525 g/mol. The molecule has 2 aromatic carbocycles. The molecule has 12 heteroatoms. The van der Waals surface area contributed by atoms with Gasteiger partial charge < -0.3 is 9.80 Å². The van der Waals surface area contributed by atoms with Crippen molar-refractivity contribution in [1.29, 1.82) is 0 Å². The average molecular weight is 526 g/mol. The summed E-state index contributed by atoms with van der Waals surface area (Å²) in [6.45, 7) is 0. The van der Waals surface area contributed by atoms with Crippen molar-refractivity contribution >= 4 is 41.5 Å². The van der Waals surface area contributed by atoms with Gasteiger partial charge in [-0.1, -0.05) is 45.7 Å². The summed E-state index contributed by atoms with van der Waals surface area (Å²) in [6.07, 6.45) is 8.17. The van der Waals surface area contributed by atoms with Crippen LogP contribution < -0.4 is 33.0 Å². The van der Waals surface area contributed by atoms with Gasteiger partial charge in [-0.15, -0.1) is 15.2 Å². The Balaban J connectivity index is 0.000000695. The molecule has 0 saturated heterocycles. The molecule has 2 heterocycles. The predicted octanol–water partition coefficient (Wildman–Crippen LogP) is -1.33. The van der Waals surface area contributed by atoms with Crippen molar-refractivity contribution in [3.05, 3.63) is 77.1 Å². The molecule has 2 aromatic heterocycles. The molecule has 0 N–H and O–H groups in total. The van der Waals surface area contributed by atoms with Gasteiger partial charge in [-0.05, 0) is 47.5 Å². The van der Waals surface area contributed by atoms with Crippen LogP contribution in [0.1, 0.15) is 22.5 Å². The Hall–Kier alpha value is -3.87. The SMILES string of the molecule is CN(C)c1ccc(/C=C/c2cc(/C=C/c3ccc(N(C)C)cc3)[n+]3nn(C)nc3n2)cc1.[O-][Cl+3]([O-])([O-])[O-]. The predicted molar refractivity (Wildman–Crippen MR) is 131 cm³/mol. The number of halogens is 1. The Morgan fingerprint density at radius 2 is 1.22 bits per heavy atom. The van der Waals surface area contributed by atoms with Crippen molar-refractivity contribution in [3.63, 3.8) is 0 Å². The highest BCUT2D eigenvalue weighted by molar-refractivity contribution is 5.72. The number of anilines is 2. The van der Waals surface area contributed by atoms with E-state index in [1.807, 2.05) is 46.4 Å². The Morgan fingerprint density at radius 1 is 0.757 bits per heavy atom. The molecule has 0 radical (unpaired) electrons. The van der Waals surface area contributed by atoms with E-state index in [0.29, 0.717) is 5.78 Å². The van der Waals surface area contributed by atoms with Gasteiger partial charge in [0.2, 0.25) is 0 Å². The number of rotatable bonds is 6. The van der Waals surface area contributed by atoms with Crippen molar-refractivity contribution in [1.82, 2.24) is 20.1 Å². The lowest BCUT2D eigenvalue weighted by molar-refractivity contribution is -2.00. The van der Waals surface area contributed by atoms with Crippen LogP contribution in [-0.2, 0) is 7.05 Å². The van der Waals surface area contributed by atoms with Crippen LogP contribution in [0.15, 0.2) is 54.6 Å². The number of nitrogens with zero attached hydrogens (tertiary/aromatic N) is 7. The summed E-state index contributed by atoms with van der Waals surface area (Å²) < 4.78 is 35.7. The second kappa shape index (κ2) is 11.9. The maximum absolute atomic E-state index is 8.49. The molecule has 0 saturated carbocycles. The Labute approximate surface area is 217 Å². The van der Waals surface area contributed by atoms with Gasteiger partial charge in [0.05, 0.1) is 5.10 Å². The van der Waals surface area contributed by atoms with E-state index in [0.717, 1.165) is 22.5 Å². The molecule has 0 unspecified atom stereocenters. The first-order valence-electron chi connectivity index (χ1n) is 11.1. The molecular formula is C25H28ClN7O4. The van der Waals surface area contributed by atoms with Crippen molar-refractivity contribution in [2.45, 2.75) is 0 Å². The fourth-order valence-corrected chi connectivity index (χ4v) is 3.29. The molecule has 0 fully saturated rings. The molecule has 0 atom stereocenters. The summed E-state index contributed by atoms with van der Waals surface area (Å²) in [7, 11) is 5.00. The molecule has 0 aliphatic heterocycles. The maximum Gasteiger partial charge on any atom is 0.440 e. The third-order valence-electron chi connectivity index (χ3n) is 5.12. The van der Waals surface area contributed by atoms with E-state index in [4.69, 9.17) is 18.6 Å². The first-order chi connectivity index (χ1) is 17.4. The minimum absolute atomic E-state index is 0.556. The van der Waals surface area contributed by atoms with Crippen LogP contribution in [0.25, 0.3) is 30.1 Å². The first-order valence-corrected chi connectivity index (χ1v) is 12.3. The van der Waals surface area contributed by atoms with Crippen molar-refractivity contribution < 1.29 is 33.4 Å². The third kappa shape index (κ3) is 8.63. The summed E-state index contributed by atoms with van der Waals surface area (Å²) in [6, 6.07) is 18.8. The average Bonchev–Trinajstić information content (AvgIpc) is 3.21. The zero-order valence-electron chi connectivity index (χ0n) is 21.1. The van der Waals surface area contributed by atoms with Crippen molar-refractivity contribution in [2.24, 2.45) is 7.05 Å². The van der Waals surface area contributed by atoms with Crippen LogP contribution in [0.5, 0.6) is 0 Å². The van der Waals surface area contributed by atoms with Crippen molar-refractivity contribution in [2.75, 3.05) is 38.0 Å². The van der Waals surface area contributed by atoms with E-state index in [1.54, 1.807) is 11.6 Å². The second-order valence-electron chi connectivity index (χ2n) is 8.41. The van der Waals surface area contributed by atoms with Gasteiger partial charge in [-0.2, -0.15) is 0 Å². The molecular weight excluding hydrogens is 498 g/mol. The fraction of sp³-hybridized carbons (Fsp3) is 0.200. The van der Waals surface area contributed by atoms with Crippen LogP contribution in [0.2, 0.25) is 0 Å². The quantitative estimate of drug-likeness (QED) is 0.279. The largest absolute Gasteiger partial charge is 0.440 e. The van der Waals surface area contributed by atoms with Gasteiger partial charge in [0, 0.05) is 50.8 Å². The number of benzene rings is 2. The van der Waals surface area contributed by atoms with Crippen LogP contribution >= 0.6 is 0 Å². The second-order valence-corrected chi connectivity index (χ2v) is 9.17. The lowest BCUT2D eigenvalue weighted by atomic mass is 10.1. The van der Waals surface area contributed by atoms with E-state index in [1.165, 1.54) is 16.2 Å². The standard InChI is InChI=1S/C25H28N7.ClHO4/c1-29(2)22-13-7-19(8-14-22)6-12-21-18-24(32-25(26-21)27-31(5)28-32)17-11-20-9-15-23(16-10-20)30(3)4;2-1(3,4)5/h6-18H,1-5H3;(H,2,3,4,5)/q+1;/p-1/b12-6+,17-11+;. The van der Waals surface area contributed by atoms with Gasteiger partial charge in [0.15, 0.2) is 0 Å². The van der Waals surface area contributed by atoms with Crippen LogP contribution in [0.3, 0.4) is 0 Å². The molecule has 0 bridgehead atoms. The smallest absolute Gasteiger partial charge is 0.378 e. The van der Waals surface area contributed by atoms with Crippen molar-refractivity contribution in [3.8, 4) is 0 Å². The fourth-order valence-electron chi connectivity index (χ4n) is 3.29. The van der Waals surface area contributed by atoms with E-state index < -0.39 is 10.2 Å². The highest BCUT2D eigenvalue weighted by atomic mass is 35.7. The van der Waals surface area contributed by atoms with Gasteiger partial charge in [0.25, 0.3) is 0 Å². The minimum Gasteiger partial charge on any atom is -0.378 e. The Morgan fingerprint density at radius 3 is 1.68 bits per heavy atom. The van der Waals surface area contributed by atoms with E-state index >= 15 is 0 Å². The third-order valence-corrected chi connectivity index (χ3v) is 5.12. The summed E-state index contributed by atoms with van der Waals surface area (Å²) in [5, 5.41) is 8.81. The molecule has 4 aromatic rings. The highest BCUT2D eigenvalue weighted by Gasteiger charge is 2.15. The number of fused-ring (bicyclic) bond motifs is 1. The Kier molecular flexibility index (Phi) is 8.92. The highest BCUT2D eigenvalue weighted by Crippen LogP contribution is 2.16. The minimum atomic E-state index is -4.94. The molecule has 0 aliphatic carbocycles. The van der Waals surface area contributed by atoms with Crippen LogP contribution in [-0.4, -0.2) is 48.3 Å². The number of tetrazole rings is 1. The number of aryl methyl sites for hydroxylation is 1. The summed E-state index contributed by atoms with van der Waals surface area (Å²) >= 11 is 0. The number of hydrogen-bond acceptors (Lipinski definition) is 9. The van der Waals surface area contributed by atoms with Gasteiger partial charge in [0.1, 0.15) is 18.4 Å². The van der Waals surface area contributed by atoms with Gasteiger partial charge in [-0.3, -0.25) is 0 Å². The van der Waals surface area contributed by atoms with Gasteiger partial charge >= 0.3 is 5.78 Å². The van der Waals surface area contributed by atoms with E-state index in [-0.39, 0.29) is 0 Å². The molecule has 37 heavy (non-hydrogen) atoms. The van der Waals surface area contributed by atoms with E-state index in [2.05, 4.69) is 85.8 Å². The topological polar surface area (TPSA) is 146 Å². The lowest BCUT2D eigenvalue weighted by Gasteiger charge is -2.17. The van der Waals surface area contributed by atoms with Crippen LogP contribution in [0.4, 0.5) is 11.4 Å². The summed E-state index contributed by atoms with van der Waals surface area (Å²) in [5.41, 5.74) is 6.30. The molecule has 0 aliphatic rings. The summed E-state index contributed by atoms with van der Waals surface area (Å²) in [5.74, 6) is 0.556. The zero-order chi connectivity index (χ0) is 27.2.